The average molecular weight is 449 g/mol. The van der Waals surface area contributed by atoms with Crippen molar-refractivity contribution in [3.8, 4) is 5.75 Å². The number of benzene rings is 1. The summed E-state index contributed by atoms with van der Waals surface area (Å²) in [6.45, 7) is 1.55. The molecule has 0 bridgehead atoms. The van der Waals surface area contributed by atoms with Crippen LogP contribution in [-0.4, -0.2) is 28.0 Å². The summed E-state index contributed by atoms with van der Waals surface area (Å²) in [6, 6.07) is 6.64. The second kappa shape index (κ2) is 6.06. The number of alkyl halides is 2. The predicted molar refractivity (Wildman–Crippen MR) is 83.1 cm³/mol. The van der Waals surface area contributed by atoms with Crippen LogP contribution in [0.15, 0.2) is 24.3 Å². The second-order valence-corrected chi connectivity index (χ2v) is 11.8. The number of aliphatic hydroxyl groups excluding tert-OH is 1. The minimum Gasteiger partial charge on any atom is -0.497 e. The number of sulfone groups is 1. The van der Waals surface area contributed by atoms with Crippen LogP contribution >= 0.6 is 38.5 Å². The van der Waals surface area contributed by atoms with Gasteiger partial charge in [-0.25, -0.2) is 8.42 Å². The van der Waals surface area contributed by atoms with Crippen LogP contribution in [0, 0.1) is 0 Å². The Morgan fingerprint density at radius 1 is 1.44 bits per heavy atom. The van der Waals surface area contributed by atoms with E-state index in [0.717, 1.165) is 0 Å². The van der Waals surface area contributed by atoms with Gasteiger partial charge in [-0.3, -0.25) is 0 Å². The third-order valence-electron chi connectivity index (χ3n) is 2.54. The molecule has 0 fully saturated rings. The minimum absolute atomic E-state index is 0.0472. The summed E-state index contributed by atoms with van der Waals surface area (Å²) in [5.41, 5.74) is 0.513. The molecular formula is C11H14BrIO4S. The molecule has 102 valence electrons. The number of hydrogen-bond donors (Lipinski definition) is 1. The number of rotatable bonds is 5. The molecule has 0 aliphatic rings. The van der Waals surface area contributed by atoms with E-state index >= 15 is 0 Å². The first kappa shape index (κ1) is 16.2. The first-order valence-electron chi connectivity index (χ1n) is 5.18. The molecule has 0 amide bonds. The third kappa shape index (κ3) is 3.17. The van der Waals surface area contributed by atoms with Gasteiger partial charge in [0.25, 0.3) is 0 Å². The third-order valence-corrected chi connectivity index (χ3v) is 8.87. The SMILES string of the molecule is CCS(=O)(=O)[C@@](Br)(I)[C@H](O)c1ccc(OC)cc1. The fourth-order valence-corrected chi connectivity index (χ4v) is 4.45. The summed E-state index contributed by atoms with van der Waals surface area (Å²) in [4.78, 5) is 0. The van der Waals surface area contributed by atoms with Gasteiger partial charge >= 0.3 is 0 Å². The van der Waals surface area contributed by atoms with Gasteiger partial charge in [0, 0.05) is 5.75 Å². The van der Waals surface area contributed by atoms with Gasteiger partial charge in [0.15, 0.2) is 9.84 Å². The normalized spacial score (nSPS) is 16.9. The molecule has 4 nitrogen and oxygen atoms in total. The molecule has 18 heavy (non-hydrogen) atoms. The molecule has 2 atom stereocenters. The molecule has 0 radical (unpaired) electrons. The molecule has 0 unspecified atom stereocenters. The summed E-state index contributed by atoms with van der Waals surface area (Å²) in [5.74, 6) is 0.604. The van der Waals surface area contributed by atoms with Gasteiger partial charge in [-0.2, -0.15) is 0 Å². The molecule has 0 spiro atoms. The van der Waals surface area contributed by atoms with Crippen molar-refractivity contribution >= 4 is 48.4 Å². The number of hydrogen-bond acceptors (Lipinski definition) is 4. The number of halogens is 2. The summed E-state index contributed by atoms with van der Waals surface area (Å²) in [6.07, 6.45) is -1.16. The van der Waals surface area contributed by atoms with E-state index in [4.69, 9.17) is 4.74 Å². The Labute approximate surface area is 129 Å². The highest BCUT2D eigenvalue weighted by Gasteiger charge is 2.45. The molecule has 7 heteroatoms. The Hall–Kier alpha value is 0.140. The molecule has 1 aromatic carbocycles. The number of ether oxygens (including phenoxy) is 1. The van der Waals surface area contributed by atoms with Crippen molar-refractivity contribution in [2.75, 3.05) is 12.9 Å². The van der Waals surface area contributed by atoms with Crippen LogP contribution in [0.4, 0.5) is 0 Å². The first-order chi connectivity index (χ1) is 8.26. The molecule has 0 aliphatic heterocycles. The summed E-state index contributed by atoms with van der Waals surface area (Å²) in [5, 5.41) is 10.2. The molecule has 0 heterocycles. The highest BCUT2D eigenvalue weighted by atomic mass is 127. The highest BCUT2D eigenvalue weighted by Crippen LogP contribution is 2.45. The van der Waals surface area contributed by atoms with Crippen LogP contribution in [0.3, 0.4) is 0 Å². The molecule has 1 aromatic rings. The van der Waals surface area contributed by atoms with Gasteiger partial charge < -0.3 is 9.84 Å². The Bertz CT molecular complexity index is 498. The van der Waals surface area contributed by atoms with Crippen molar-refractivity contribution < 1.29 is 18.3 Å². The Morgan fingerprint density at radius 2 is 1.94 bits per heavy atom. The van der Waals surface area contributed by atoms with Gasteiger partial charge in [0.1, 0.15) is 11.9 Å². The van der Waals surface area contributed by atoms with E-state index < -0.39 is 17.6 Å². The van der Waals surface area contributed by atoms with E-state index in [0.29, 0.717) is 11.3 Å². The molecule has 0 aromatic heterocycles. The van der Waals surface area contributed by atoms with Crippen LogP contribution in [0.2, 0.25) is 0 Å². The maximum absolute atomic E-state index is 11.9. The van der Waals surface area contributed by atoms with E-state index in [1.54, 1.807) is 60.9 Å². The zero-order valence-electron chi connectivity index (χ0n) is 9.93. The van der Waals surface area contributed by atoms with Crippen LogP contribution in [0.25, 0.3) is 0 Å². The predicted octanol–water partition coefficient (Wildman–Crippen LogP) is 2.65. The number of methoxy groups -OCH3 is 1. The molecule has 0 aliphatic carbocycles. The van der Waals surface area contributed by atoms with E-state index in [2.05, 4.69) is 15.9 Å². The van der Waals surface area contributed by atoms with Gasteiger partial charge in [-0.05, 0) is 40.3 Å². The fraction of sp³-hybridized carbons (Fsp3) is 0.455. The van der Waals surface area contributed by atoms with Crippen molar-refractivity contribution in [1.82, 2.24) is 0 Å². The largest absolute Gasteiger partial charge is 0.497 e. The topological polar surface area (TPSA) is 63.6 Å². The molecule has 0 saturated carbocycles. The monoisotopic (exact) mass is 448 g/mol. The maximum atomic E-state index is 11.9. The molecule has 0 saturated heterocycles. The van der Waals surface area contributed by atoms with Crippen molar-refractivity contribution in [3.63, 3.8) is 0 Å². The van der Waals surface area contributed by atoms with Crippen LogP contribution in [0.1, 0.15) is 18.6 Å². The zero-order valence-corrected chi connectivity index (χ0v) is 14.5. The highest BCUT2D eigenvalue weighted by molar-refractivity contribution is 14.1. The van der Waals surface area contributed by atoms with Crippen molar-refractivity contribution in [3.05, 3.63) is 29.8 Å². The smallest absolute Gasteiger partial charge is 0.207 e. The molecule has 1 rings (SSSR count). The lowest BCUT2D eigenvalue weighted by molar-refractivity contribution is 0.191. The second-order valence-electron chi connectivity index (χ2n) is 3.64. The van der Waals surface area contributed by atoms with Crippen molar-refractivity contribution in [2.24, 2.45) is 0 Å². The van der Waals surface area contributed by atoms with Crippen LogP contribution in [-0.2, 0) is 9.84 Å². The van der Waals surface area contributed by atoms with Crippen LogP contribution in [0.5, 0.6) is 5.75 Å². The lowest BCUT2D eigenvalue weighted by atomic mass is 10.1. The van der Waals surface area contributed by atoms with E-state index in [1.807, 2.05) is 0 Å². The number of aliphatic hydroxyl groups is 1. The van der Waals surface area contributed by atoms with Crippen LogP contribution < -0.4 is 4.74 Å². The lowest BCUT2D eigenvalue weighted by Crippen LogP contribution is -2.33. The lowest BCUT2D eigenvalue weighted by Gasteiger charge is -2.26. The van der Waals surface area contributed by atoms with E-state index in [-0.39, 0.29) is 5.75 Å². The Kier molecular flexibility index (Phi) is 5.45. The first-order valence-corrected chi connectivity index (χ1v) is 8.70. The van der Waals surface area contributed by atoms with Gasteiger partial charge in [0.05, 0.1) is 7.11 Å². The Balaban J connectivity index is 3.09. The van der Waals surface area contributed by atoms with Crippen molar-refractivity contribution in [1.29, 1.82) is 0 Å². The summed E-state index contributed by atoms with van der Waals surface area (Å²) in [7, 11) is -1.90. The molecular weight excluding hydrogens is 435 g/mol. The average Bonchev–Trinajstić information content (AvgIpc) is 2.37. The van der Waals surface area contributed by atoms with E-state index in [9.17, 15) is 13.5 Å². The van der Waals surface area contributed by atoms with Crippen molar-refractivity contribution in [2.45, 2.75) is 14.7 Å². The quantitative estimate of drug-likeness (QED) is 0.555. The fourth-order valence-electron chi connectivity index (χ4n) is 1.34. The van der Waals surface area contributed by atoms with Gasteiger partial charge in [-0.1, -0.05) is 35.0 Å². The minimum atomic E-state index is -3.44. The maximum Gasteiger partial charge on any atom is 0.207 e. The van der Waals surface area contributed by atoms with Gasteiger partial charge in [-0.15, -0.1) is 0 Å². The standard InChI is InChI=1S/C11H14BrIO4S/c1-3-18(15,16)11(12,13)10(14)8-4-6-9(17-2)7-5-8/h4-7,10,14H,3H2,1-2H3/t10-,11+/m1/s1. The summed E-state index contributed by atoms with van der Waals surface area (Å²) < 4.78 is 27.4. The molecule has 1 N–H and O–H groups in total. The zero-order chi connectivity index (χ0) is 14.0. The van der Waals surface area contributed by atoms with Gasteiger partial charge in [0.2, 0.25) is 1.66 Å². The Morgan fingerprint density at radius 3 is 2.33 bits per heavy atom. The van der Waals surface area contributed by atoms with E-state index in [1.165, 1.54) is 0 Å². The summed E-state index contributed by atoms with van der Waals surface area (Å²) >= 11 is 4.83.